The summed E-state index contributed by atoms with van der Waals surface area (Å²) in [5.41, 5.74) is 0.669. The van der Waals surface area contributed by atoms with Gasteiger partial charge in [0.25, 0.3) is 11.1 Å². The van der Waals surface area contributed by atoms with Crippen molar-refractivity contribution in [1.29, 1.82) is 0 Å². The van der Waals surface area contributed by atoms with Gasteiger partial charge < -0.3 is 10.6 Å². The zero-order valence-electron chi connectivity index (χ0n) is 13.3. The minimum atomic E-state index is -0.350. The van der Waals surface area contributed by atoms with Crippen LogP contribution in [-0.4, -0.2) is 40.3 Å². The van der Waals surface area contributed by atoms with Crippen molar-refractivity contribution in [1.82, 2.24) is 15.5 Å². The number of nitrogens with one attached hydrogen (secondary N) is 2. The van der Waals surface area contributed by atoms with Crippen molar-refractivity contribution < 1.29 is 14.0 Å². The molecule has 1 aliphatic rings. The van der Waals surface area contributed by atoms with Gasteiger partial charge in [-0.15, -0.1) is 0 Å². The molecule has 1 aromatic rings. The molecule has 24 heavy (non-hydrogen) atoms. The lowest BCUT2D eigenvalue weighted by molar-refractivity contribution is -0.122. The van der Waals surface area contributed by atoms with Gasteiger partial charge in [0, 0.05) is 19.1 Å². The minimum absolute atomic E-state index is 0.209. The lowest BCUT2D eigenvalue weighted by Crippen LogP contribution is -2.43. The largest absolute Gasteiger partial charge is 0.361 e. The Kier molecular flexibility index (Phi) is 6.33. The molecule has 0 unspecified atom stereocenters. The second-order valence-electron chi connectivity index (χ2n) is 5.44. The Morgan fingerprint density at radius 3 is 2.62 bits per heavy atom. The van der Waals surface area contributed by atoms with Gasteiger partial charge in [0.15, 0.2) is 5.11 Å². The van der Waals surface area contributed by atoms with E-state index in [1.54, 1.807) is 18.2 Å². The molecule has 0 radical (unpaired) electrons. The van der Waals surface area contributed by atoms with Crippen LogP contribution in [0.25, 0.3) is 6.08 Å². The summed E-state index contributed by atoms with van der Waals surface area (Å²) in [5, 5.41) is 6.14. The first-order chi connectivity index (χ1) is 11.4. The second kappa shape index (κ2) is 8.25. The summed E-state index contributed by atoms with van der Waals surface area (Å²) in [6.07, 6.45) is 1.59. The van der Waals surface area contributed by atoms with E-state index in [0.717, 1.165) is 11.8 Å². The highest BCUT2D eigenvalue weighted by molar-refractivity contribution is 8.18. The summed E-state index contributed by atoms with van der Waals surface area (Å²) in [7, 11) is 0. The summed E-state index contributed by atoms with van der Waals surface area (Å²) in [6, 6.07) is 5.94. The fourth-order valence-electron chi connectivity index (χ4n) is 2.00. The monoisotopic (exact) mass is 367 g/mol. The highest BCUT2D eigenvalue weighted by Gasteiger charge is 2.34. The van der Waals surface area contributed by atoms with Crippen LogP contribution in [0, 0.1) is 5.82 Å². The zero-order chi connectivity index (χ0) is 17.7. The molecule has 0 spiro atoms. The molecule has 2 N–H and O–H groups in total. The van der Waals surface area contributed by atoms with Crippen molar-refractivity contribution in [3.63, 3.8) is 0 Å². The molecule has 5 nitrogen and oxygen atoms in total. The molecule has 1 aliphatic heterocycles. The quantitative estimate of drug-likeness (QED) is 0.616. The first kappa shape index (κ1) is 18.4. The Morgan fingerprint density at radius 2 is 2.00 bits per heavy atom. The number of carbonyl (C=O) groups is 2. The van der Waals surface area contributed by atoms with Crippen molar-refractivity contribution in [2.45, 2.75) is 19.9 Å². The van der Waals surface area contributed by atoms with Gasteiger partial charge in [-0.25, -0.2) is 4.39 Å². The van der Waals surface area contributed by atoms with Crippen LogP contribution in [0.15, 0.2) is 29.2 Å². The van der Waals surface area contributed by atoms with Crippen molar-refractivity contribution in [3.05, 3.63) is 40.6 Å². The van der Waals surface area contributed by atoms with Gasteiger partial charge in [0.1, 0.15) is 5.82 Å². The highest BCUT2D eigenvalue weighted by atomic mass is 32.2. The van der Waals surface area contributed by atoms with Gasteiger partial charge >= 0.3 is 0 Å². The van der Waals surface area contributed by atoms with Crippen LogP contribution in [0.5, 0.6) is 0 Å². The SMILES string of the molecule is CC(C)NC(=S)NCCN1C(=O)S/C(=C\c2ccc(F)cc2)C1=O. The molecule has 1 saturated heterocycles. The van der Waals surface area contributed by atoms with Crippen molar-refractivity contribution in [2.24, 2.45) is 0 Å². The Hall–Kier alpha value is -1.93. The Bertz CT molecular complexity index is 674. The third-order valence-electron chi connectivity index (χ3n) is 3.08. The lowest BCUT2D eigenvalue weighted by Gasteiger charge is -2.16. The molecule has 1 fully saturated rings. The molecule has 0 aromatic heterocycles. The van der Waals surface area contributed by atoms with Crippen LogP contribution in [0.3, 0.4) is 0 Å². The lowest BCUT2D eigenvalue weighted by atomic mass is 10.2. The van der Waals surface area contributed by atoms with Crippen LogP contribution < -0.4 is 10.6 Å². The molecule has 2 amide bonds. The van der Waals surface area contributed by atoms with E-state index < -0.39 is 0 Å². The molecule has 2 rings (SSSR count). The van der Waals surface area contributed by atoms with E-state index in [2.05, 4.69) is 10.6 Å². The van der Waals surface area contributed by atoms with Gasteiger partial charge in [-0.05, 0) is 61.6 Å². The number of amides is 2. The van der Waals surface area contributed by atoms with Crippen molar-refractivity contribution in [3.8, 4) is 0 Å². The van der Waals surface area contributed by atoms with E-state index in [1.165, 1.54) is 17.0 Å². The normalized spacial score (nSPS) is 16.2. The molecular formula is C16H18FN3O2S2. The summed E-state index contributed by atoms with van der Waals surface area (Å²) < 4.78 is 12.9. The topological polar surface area (TPSA) is 61.4 Å². The highest BCUT2D eigenvalue weighted by Crippen LogP contribution is 2.31. The average molecular weight is 367 g/mol. The molecule has 128 valence electrons. The predicted octanol–water partition coefficient (Wildman–Crippen LogP) is 2.73. The van der Waals surface area contributed by atoms with E-state index in [4.69, 9.17) is 12.2 Å². The average Bonchev–Trinajstić information content (AvgIpc) is 2.76. The first-order valence-corrected chi connectivity index (χ1v) is 8.64. The Labute approximate surface area is 149 Å². The first-order valence-electron chi connectivity index (χ1n) is 7.42. The number of benzene rings is 1. The van der Waals surface area contributed by atoms with Gasteiger partial charge in [-0.2, -0.15) is 0 Å². The van der Waals surface area contributed by atoms with Gasteiger partial charge in [0.05, 0.1) is 4.91 Å². The summed E-state index contributed by atoms with van der Waals surface area (Å²) in [5.74, 6) is -0.698. The van der Waals surface area contributed by atoms with Crippen LogP contribution in [0.1, 0.15) is 19.4 Å². The number of carbonyl (C=O) groups excluding carboxylic acids is 2. The smallest absolute Gasteiger partial charge is 0.293 e. The molecule has 1 heterocycles. The van der Waals surface area contributed by atoms with E-state index in [1.807, 2.05) is 13.8 Å². The summed E-state index contributed by atoms with van der Waals surface area (Å²) in [4.78, 5) is 25.8. The van der Waals surface area contributed by atoms with E-state index in [9.17, 15) is 14.0 Å². The molecule has 0 saturated carbocycles. The number of hydrogen-bond donors (Lipinski definition) is 2. The summed E-state index contributed by atoms with van der Waals surface area (Å²) in [6.45, 7) is 4.53. The third-order valence-corrected chi connectivity index (χ3v) is 4.25. The van der Waals surface area contributed by atoms with Gasteiger partial charge in [-0.1, -0.05) is 12.1 Å². The summed E-state index contributed by atoms with van der Waals surface area (Å²) >= 11 is 5.97. The van der Waals surface area contributed by atoms with E-state index in [-0.39, 0.29) is 29.6 Å². The van der Waals surface area contributed by atoms with Gasteiger partial charge in [-0.3, -0.25) is 14.5 Å². The Balaban J connectivity index is 1.94. The zero-order valence-corrected chi connectivity index (χ0v) is 15.0. The number of rotatable bonds is 5. The molecule has 1 aromatic carbocycles. The van der Waals surface area contributed by atoms with E-state index >= 15 is 0 Å². The van der Waals surface area contributed by atoms with E-state index in [0.29, 0.717) is 22.1 Å². The number of thioether (sulfide) groups is 1. The van der Waals surface area contributed by atoms with Crippen LogP contribution in [-0.2, 0) is 4.79 Å². The maximum Gasteiger partial charge on any atom is 0.293 e. The maximum absolute atomic E-state index is 12.9. The Morgan fingerprint density at radius 1 is 1.33 bits per heavy atom. The number of imide groups is 1. The van der Waals surface area contributed by atoms with Crippen molar-refractivity contribution >= 4 is 46.3 Å². The fraction of sp³-hybridized carbons (Fsp3) is 0.312. The van der Waals surface area contributed by atoms with Crippen LogP contribution in [0.4, 0.5) is 9.18 Å². The molecule has 0 bridgehead atoms. The molecule has 0 aliphatic carbocycles. The predicted molar refractivity (Wildman–Crippen MR) is 97.9 cm³/mol. The maximum atomic E-state index is 12.9. The van der Waals surface area contributed by atoms with Crippen LogP contribution >= 0.6 is 24.0 Å². The molecule has 8 heteroatoms. The second-order valence-corrected chi connectivity index (χ2v) is 6.84. The molecule has 0 atom stereocenters. The standard InChI is InChI=1S/C16H18FN3O2S2/c1-10(2)19-15(23)18-7-8-20-14(21)13(24-16(20)22)9-11-3-5-12(17)6-4-11/h3-6,9-10H,7-8H2,1-2H3,(H2,18,19,23)/b13-9-. The number of thiocarbonyl (C=S) groups is 1. The molecular weight excluding hydrogens is 349 g/mol. The van der Waals surface area contributed by atoms with Crippen molar-refractivity contribution in [2.75, 3.05) is 13.1 Å². The minimum Gasteiger partial charge on any atom is -0.361 e. The number of nitrogens with zero attached hydrogens (tertiary/aromatic N) is 1. The van der Waals surface area contributed by atoms with Gasteiger partial charge in [0.2, 0.25) is 0 Å². The fourth-order valence-corrected chi connectivity index (χ4v) is 3.20. The third kappa shape index (κ3) is 5.04. The number of halogens is 1. The number of hydrogen-bond acceptors (Lipinski definition) is 4. The van der Waals surface area contributed by atoms with Crippen LogP contribution in [0.2, 0.25) is 0 Å².